The summed E-state index contributed by atoms with van der Waals surface area (Å²) in [5, 5.41) is 12.9. The lowest BCUT2D eigenvalue weighted by atomic mass is 9.82. The molecule has 1 atom stereocenters. The van der Waals surface area contributed by atoms with E-state index in [0.29, 0.717) is 19.3 Å². The van der Waals surface area contributed by atoms with Crippen molar-refractivity contribution in [3.8, 4) is 0 Å². The minimum absolute atomic E-state index is 0.00312. The van der Waals surface area contributed by atoms with Gasteiger partial charge >= 0.3 is 0 Å². The van der Waals surface area contributed by atoms with Gasteiger partial charge in [-0.25, -0.2) is 13.8 Å². The number of aliphatic hydroxyl groups excluding tert-OH is 1. The average Bonchev–Trinajstić information content (AvgIpc) is 2.63. The molecule has 1 aromatic heterocycles. The van der Waals surface area contributed by atoms with E-state index in [1.54, 1.807) is 11.3 Å². The Bertz CT molecular complexity index is 370. The first-order valence-electron chi connectivity index (χ1n) is 5.93. The third-order valence-corrected chi connectivity index (χ3v) is 4.21. The van der Waals surface area contributed by atoms with Gasteiger partial charge in [0.15, 0.2) is 0 Å². The lowest BCUT2D eigenvalue weighted by Crippen LogP contribution is -2.32. The summed E-state index contributed by atoms with van der Waals surface area (Å²) in [7, 11) is 0. The summed E-state index contributed by atoms with van der Waals surface area (Å²) >= 11 is 1.55. The molecule has 1 fully saturated rings. The van der Waals surface area contributed by atoms with Crippen molar-refractivity contribution in [1.29, 1.82) is 0 Å². The monoisotopic (exact) mass is 261 g/mol. The van der Waals surface area contributed by atoms with Crippen molar-refractivity contribution >= 4 is 11.3 Å². The van der Waals surface area contributed by atoms with Crippen molar-refractivity contribution in [2.24, 2.45) is 5.92 Å². The highest BCUT2D eigenvalue weighted by Gasteiger charge is 2.37. The summed E-state index contributed by atoms with van der Waals surface area (Å²) in [4.78, 5) is 4.28. The molecule has 2 nitrogen and oxygen atoms in total. The van der Waals surface area contributed by atoms with E-state index in [1.807, 2.05) is 12.3 Å². The number of aliphatic hydroxyl groups is 1. The quantitative estimate of drug-likeness (QED) is 0.906. The molecule has 17 heavy (non-hydrogen) atoms. The van der Waals surface area contributed by atoms with E-state index < -0.39 is 12.0 Å². The van der Waals surface area contributed by atoms with Crippen LogP contribution in [0.25, 0.3) is 0 Å². The number of rotatable bonds is 3. The number of hydrogen-bond acceptors (Lipinski definition) is 3. The van der Waals surface area contributed by atoms with Crippen molar-refractivity contribution in [3.63, 3.8) is 0 Å². The highest BCUT2D eigenvalue weighted by Crippen LogP contribution is 2.37. The van der Waals surface area contributed by atoms with Gasteiger partial charge in [-0.05, 0) is 25.7 Å². The molecule has 96 valence electrons. The van der Waals surface area contributed by atoms with Gasteiger partial charge in [0.1, 0.15) is 0 Å². The lowest BCUT2D eigenvalue weighted by Gasteiger charge is -2.31. The molecule has 5 heteroatoms. The molecule has 1 aliphatic carbocycles. The molecule has 0 radical (unpaired) electrons. The fourth-order valence-corrected chi connectivity index (χ4v) is 2.96. The van der Waals surface area contributed by atoms with Crippen molar-refractivity contribution < 1.29 is 13.9 Å². The molecule has 1 unspecified atom stereocenters. The summed E-state index contributed by atoms with van der Waals surface area (Å²) in [6.45, 7) is 1.92. The van der Waals surface area contributed by atoms with E-state index in [2.05, 4.69) is 4.98 Å². The highest BCUT2D eigenvalue weighted by atomic mass is 32.1. The van der Waals surface area contributed by atoms with Crippen molar-refractivity contribution in [2.45, 2.75) is 51.1 Å². The van der Waals surface area contributed by atoms with Gasteiger partial charge < -0.3 is 5.11 Å². The predicted molar refractivity (Wildman–Crippen MR) is 63.5 cm³/mol. The van der Waals surface area contributed by atoms with Crippen LogP contribution in [0.5, 0.6) is 0 Å². The average molecular weight is 261 g/mol. The Morgan fingerprint density at radius 2 is 2.18 bits per heavy atom. The van der Waals surface area contributed by atoms with Gasteiger partial charge in [0.05, 0.1) is 16.8 Å². The zero-order valence-electron chi connectivity index (χ0n) is 9.83. The Labute approximate surface area is 104 Å². The van der Waals surface area contributed by atoms with Gasteiger partial charge in [-0.1, -0.05) is 0 Å². The molecule has 1 aliphatic rings. The van der Waals surface area contributed by atoms with Crippen molar-refractivity contribution in [3.05, 3.63) is 16.1 Å². The van der Waals surface area contributed by atoms with E-state index in [-0.39, 0.29) is 18.8 Å². The van der Waals surface area contributed by atoms with Crippen LogP contribution in [0, 0.1) is 12.8 Å². The zero-order valence-corrected chi connectivity index (χ0v) is 10.6. The maximum atomic E-state index is 13.0. The second kappa shape index (κ2) is 4.98. The van der Waals surface area contributed by atoms with Crippen LogP contribution in [-0.2, 0) is 6.42 Å². The first kappa shape index (κ1) is 12.9. The van der Waals surface area contributed by atoms with Gasteiger partial charge in [-0.3, -0.25) is 0 Å². The second-order valence-corrected chi connectivity index (χ2v) is 5.88. The van der Waals surface area contributed by atoms with Crippen LogP contribution in [0.4, 0.5) is 8.78 Å². The van der Waals surface area contributed by atoms with Crippen LogP contribution < -0.4 is 0 Å². The summed E-state index contributed by atoms with van der Waals surface area (Å²) in [5.41, 5.74) is 0.873. The molecule has 0 bridgehead atoms. The molecular weight excluding hydrogens is 244 g/mol. The lowest BCUT2D eigenvalue weighted by molar-refractivity contribution is -0.0620. The van der Waals surface area contributed by atoms with Crippen LogP contribution in [0.1, 0.15) is 36.4 Å². The second-order valence-electron chi connectivity index (χ2n) is 4.82. The number of halogens is 2. The molecule has 0 aliphatic heterocycles. The Hall–Kier alpha value is -0.550. The first-order chi connectivity index (χ1) is 7.96. The Morgan fingerprint density at radius 1 is 1.53 bits per heavy atom. The number of nitrogens with zero attached hydrogens (tertiary/aromatic N) is 1. The zero-order chi connectivity index (χ0) is 12.5. The Balaban J connectivity index is 1.87. The Morgan fingerprint density at radius 3 is 2.71 bits per heavy atom. The number of alkyl halides is 2. The fraction of sp³-hybridized carbons (Fsp3) is 0.750. The fourth-order valence-electron chi connectivity index (χ4n) is 2.33. The van der Waals surface area contributed by atoms with Gasteiger partial charge in [-0.2, -0.15) is 0 Å². The molecule has 0 saturated heterocycles. The molecule has 1 saturated carbocycles. The van der Waals surface area contributed by atoms with Crippen LogP contribution >= 0.6 is 11.3 Å². The molecule has 1 N–H and O–H groups in total. The largest absolute Gasteiger partial charge is 0.392 e. The van der Waals surface area contributed by atoms with Crippen LogP contribution in [0.15, 0.2) is 5.38 Å². The molecule has 1 aromatic rings. The van der Waals surface area contributed by atoms with E-state index in [0.717, 1.165) is 10.7 Å². The molecule has 1 heterocycles. The standard InChI is InChI=1S/C12H17F2NOS/c1-8-15-10(7-17-8)6-11(16)9-2-4-12(13,14)5-3-9/h7,9,11,16H,2-6H2,1H3. The number of hydrogen-bond donors (Lipinski definition) is 1. The molecule has 0 aromatic carbocycles. The predicted octanol–water partition coefficient (Wildman–Crippen LogP) is 3.18. The number of aromatic nitrogens is 1. The SMILES string of the molecule is Cc1nc(CC(O)C2CCC(F)(F)CC2)cs1. The topological polar surface area (TPSA) is 33.1 Å². The van der Waals surface area contributed by atoms with Crippen LogP contribution in [0.3, 0.4) is 0 Å². The molecule has 2 rings (SSSR count). The smallest absolute Gasteiger partial charge is 0.248 e. The van der Waals surface area contributed by atoms with E-state index >= 15 is 0 Å². The van der Waals surface area contributed by atoms with Gasteiger partial charge in [0, 0.05) is 24.6 Å². The maximum absolute atomic E-state index is 13.0. The third-order valence-electron chi connectivity index (χ3n) is 3.39. The van der Waals surface area contributed by atoms with Crippen LogP contribution in [0.2, 0.25) is 0 Å². The number of thiazole rings is 1. The van der Waals surface area contributed by atoms with E-state index in [1.165, 1.54) is 0 Å². The van der Waals surface area contributed by atoms with E-state index in [9.17, 15) is 13.9 Å². The normalized spacial score (nSPS) is 22.6. The summed E-state index contributed by atoms with van der Waals surface area (Å²) in [6.07, 6.45) is 0.595. The molecular formula is C12H17F2NOS. The Kier molecular flexibility index (Phi) is 3.78. The van der Waals surface area contributed by atoms with E-state index in [4.69, 9.17) is 0 Å². The summed E-state index contributed by atoms with van der Waals surface area (Å²) in [6, 6.07) is 0. The van der Waals surface area contributed by atoms with Gasteiger partial charge in [-0.15, -0.1) is 11.3 Å². The first-order valence-corrected chi connectivity index (χ1v) is 6.81. The molecule has 0 amide bonds. The third kappa shape index (κ3) is 3.45. The minimum atomic E-state index is -2.52. The van der Waals surface area contributed by atoms with Crippen LogP contribution in [-0.4, -0.2) is 22.1 Å². The van der Waals surface area contributed by atoms with Crippen molar-refractivity contribution in [1.82, 2.24) is 4.98 Å². The molecule has 0 spiro atoms. The van der Waals surface area contributed by atoms with Gasteiger partial charge in [0.25, 0.3) is 0 Å². The number of aryl methyl sites for hydroxylation is 1. The van der Waals surface area contributed by atoms with Crippen molar-refractivity contribution in [2.75, 3.05) is 0 Å². The summed E-state index contributed by atoms with van der Waals surface area (Å²) in [5.74, 6) is -2.52. The highest BCUT2D eigenvalue weighted by molar-refractivity contribution is 7.09. The maximum Gasteiger partial charge on any atom is 0.248 e. The minimum Gasteiger partial charge on any atom is -0.392 e. The van der Waals surface area contributed by atoms with Gasteiger partial charge in [0.2, 0.25) is 5.92 Å². The summed E-state index contributed by atoms with van der Waals surface area (Å²) < 4.78 is 26.0.